The number of hydrogen-bond donors (Lipinski definition) is 1. The van der Waals surface area contributed by atoms with Gasteiger partial charge in [-0.1, -0.05) is 6.07 Å². The van der Waals surface area contributed by atoms with E-state index in [0.29, 0.717) is 24.3 Å². The van der Waals surface area contributed by atoms with E-state index < -0.39 is 24.1 Å². The molecule has 7 heteroatoms. The molecule has 24 heavy (non-hydrogen) atoms. The molecule has 1 N–H and O–H groups in total. The van der Waals surface area contributed by atoms with Crippen LogP contribution in [0.15, 0.2) is 18.3 Å². The van der Waals surface area contributed by atoms with Crippen molar-refractivity contribution in [3.63, 3.8) is 0 Å². The molecular weight excluding hydrogens is 312 g/mol. The van der Waals surface area contributed by atoms with E-state index in [1.54, 1.807) is 26.1 Å². The Morgan fingerprint density at radius 3 is 2.54 bits per heavy atom. The quantitative estimate of drug-likeness (QED) is 0.889. The maximum Gasteiger partial charge on any atom is 0.411 e. The number of likely N-dealkylation sites (tertiary alicyclic amines) is 1. The summed E-state index contributed by atoms with van der Waals surface area (Å²) in [6, 6.07) is 2.23. The predicted octanol–water partition coefficient (Wildman–Crippen LogP) is 3.00. The second-order valence-electron chi connectivity index (χ2n) is 6.35. The van der Waals surface area contributed by atoms with Gasteiger partial charge in [0, 0.05) is 11.8 Å². The lowest BCUT2D eigenvalue weighted by Crippen LogP contribution is -2.43. The van der Waals surface area contributed by atoms with Gasteiger partial charge in [-0.2, -0.15) is 0 Å². The van der Waals surface area contributed by atoms with E-state index in [1.807, 2.05) is 19.9 Å². The summed E-state index contributed by atoms with van der Waals surface area (Å²) in [7, 11) is 0. The van der Waals surface area contributed by atoms with Crippen molar-refractivity contribution >= 4 is 12.1 Å². The van der Waals surface area contributed by atoms with E-state index in [9.17, 15) is 14.7 Å². The molecule has 2 rings (SSSR count). The average molecular weight is 336 g/mol. The van der Waals surface area contributed by atoms with Gasteiger partial charge in [-0.15, -0.1) is 0 Å². The van der Waals surface area contributed by atoms with Gasteiger partial charge in [-0.3, -0.25) is 4.90 Å². The Kier molecular flexibility index (Phi) is 5.64. The first-order valence-electron chi connectivity index (χ1n) is 8.14. The van der Waals surface area contributed by atoms with Crippen LogP contribution >= 0.6 is 0 Å². The van der Waals surface area contributed by atoms with E-state index in [4.69, 9.17) is 9.47 Å². The molecular formula is C17H24N2O5. The number of carboxylic acid groups (broad SMARTS) is 1. The van der Waals surface area contributed by atoms with Crippen LogP contribution in [0.3, 0.4) is 0 Å². The Hall–Kier alpha value is -2.31. The van der Waals surface area contributed by atoms with Crippen LogP contribution < -0.4 is 4.74 Å². The number of nitrogens with zero attached hydrogens (tertiary/aromatic N) is 2. The molecule has 7 nitrogen and oxygen atoms in total. The summed E-state index contributed by atoms with van der Waals surface area (Å²) in [4.78, 5) is 29.6. The third-order valence-corrected chi connectivity index (χ3v) is 3.72. The number of amides is 1. The van der Waals surface area contributed by atoms with E-state index >= 15 is 0 Å². The van der Waals surface area contributed by atoms with Crippen LogP contribution in [0.5, 0.6) is 5.88 Å². The number of rotatable bonds is 5. The molecule has 0 aromatic carbocycles. The zero-order valence-electron chi connectivity index (χ0n) is 14.4. The minimum Gasteiger partial charge on any atom is -0.480 e. The second-order valence-corrected chi connectivity index (χ2v) is 6.35. The molecule has 0 radical (unpaired) electrons. The lowest BCUT2D eigenvalue weighted by atomic mass is 10.1. The van der Waals surface area contributed by atoms with Crippen molar-refractivity contribution in [3.8, 4) is 5.88 Å². The molecule has 1 amide bonds. The first kappa shape index (κ1) is 18.0. The first-order valence-corrected chi connectivity index (χ1v) is 8.14. The Bertz CT molecular complexity index is 602. The Labute approximate surface area is 141 Å². The van der Waals surface area contributed by atoms with Gasteiger partial charge in [0.1, 0.15) is 6.04 Å². The number of aromatic nitrogens is 1. The average Bonchev–Trinajstić information content (AvgIpc) is 2.91. The summed E-state index contributed by atoms with van der Waals surface area (Å²) in [5.74, 6) is -0.612. The SMILES string of the molecule is CC(C)OC(=O)N1C(C(=O)O)CCC1c1cccnc1OC(C)C. The van der Waals surface area contributed by atoms with Crippen molar-refractivity contribution in [2.75, 3.05) is 0 Å². The van der Waals surface area contributed by atoms with E-state index in [2.05, 4.69) is 4.98 Å². The minimum atomic E-state index is -1.03. The third kappa shape index (κ3) is 3.96. The molecule has 1 aliphatic heterocycles. The molecule has 1 aromatic heterocycles. The topological polar surface area (TPSA) is 89.0 Å². The van der Waals surface area contributed by atoms with Gasteiger partial charge in [0.2, 0.25) is 5.88 Å². The summed E-state index contributed by atoms with van der Waals surface area (Å²) < 4.78 is 11.0. The normalized spacial score (nSPS) is 20.5. The van der Waals surface area contributed by atoms with Crippen molar-refractivity contribution < 1.29 is 24.2 Å². The van der Waals surface area contributed by atoms with E-state index in [1.165, 1.54) is 4.90 Å². The molecule has 0 bridgehead atoms. The largest absolute Gasteiger partial charge is 0.480 e. The van der Waals surface area contributed by atoms with Crippen LogP contribution in [-0.2, 0) is 9.53 Å². The van der Waals surface area contributed by atoms with E-state index in [-0.39, 0.29) is 12.2 Å². The number of aliphatic carboxylic acids is 1. The van der Waals surface area contributed by atoms with Crippen LogP contribution in [0.4, 0.5) is 4.79 Å². The molecule has 0 aliphatic carbocycles. The Balaban J connectivity index is 2.37. The molecule has 1 fully saturated rings. The number of carboxylic acids is 1. The smallest absolute Gasteiger partial charge is 0.411 e. The highest BCUT2D eigenvalue weighted by molar-refractivity contribution is 5.81. The lowest BCUT2D eigenvalue weighted by Gasteiger charge is -2.29. The van der Waals surface area contributed by atoms with Crippen LogP contribution in [0.25, 0.3) is 0 Å². The number of ether oxygens (including phenoxy) is 2. The predicted molar refractivity (Wildman–Crippen MR) is 86.9 cm³/mol. The van der Waals surface area contributed by atoms with Crippen molar-refractivity contribution in [1.29, 1.82) is 0 Å². The highest BCUT2D eigenvalue weighted by atomic mass is 16.6. The van der Waals surface area contributed by atoms with Gasteiger partial charge in [-0.25, -0.2) is 14.6 Å². The van der Waals surface area contributed by atoms with Gasteiger partial charge >= 0.3 is 12.1 Å². The third-order valence-electron chi connectivity index (χ3n) is 3.72. The van der Waals surface area contributed by atoms with Gasteiger partial charge in [0.05, 0.1) is 18.2 Å². The van der Waals surface area contributed by atoms with Crippen molar-refractivity contribution in [3.05, 3.63) is 23.9 Å². The molecule has 2 heterocycles. The maximum absolute atomic E-state index is 12.5. The fraction of sp³-hybridized carbons (Fsp3) is 0.588. The molecule has 0 saturated carbocycles. The molecule has 1 saturated heterocycles. The zero-order chi connectivity index (χ0) is 17.9. The number of carbonyl (C=O) groups is 2. The second kappa shape index (κ2) is 7.51. The minimum absolute atomic E-state index is 0.0774. The lowest BCUT2D eigenvalue weighted by molar-refractivity contribution is -0.142. The summed E-state index contributed by atoms with van der Waals surface area (Å²) in [6.45, 7) is 7.24. The molecule has 2 atom stereocenters. The summed E-state index contributed by atoms with van der Waals surface area (Å²) in [5, 5.41) is 9.45. The highest BCUT2D eigenvalue weighted by Crippen LogP contribution is 2.40. The molecule has 132 valence electrons. The number of carbonyl (C=O) groups excluding carboxylic acids is 1. The highest BCUT2D eigenvalue weighted by Gasteiger charge is 2.44. The number of pyridine rings is 1. The monoisotopic (exact) mass is 336 g/mol. The maximum atomic E-state index is 12.5. The summed E-state index contributed by atoms with van der Waals surface area (Å²) in [5.41, 5.74) is 0.704. The fourth-order valence-corrected chi connectivity index (χ4v) is 2.85. The molecule has 1 aliphatic rings. The van der Waals surface area contributed by atoms with Crippen molar-refractivity contribution in [2.24, 2.45) is 0 Å². The number of hydrogen-bond acceptors (Lipinski definition) is 5. The van der Waals surface area contributed by atoms with E-state index in [0.717, 1.165) is 0 Å². The Morgan fingerprint density at radius 2 is 1.96 bits per heavy atom. The molecule has 2 unspecified atom stereocenters. The van der Waals surface area contributed by atoms with Crippen LogP contribution in [-0.4, -0.2) is 45.3 Å². The van der Waals surface area contributed by atoms with Crippen LogP contribution in [0, 0.1) is 0 Å². The van der Waals surface area contributed by atoms with Gasteiger partial charge < -0.3 is 14.6 Å². The van der Waals surface area contributed by atoms with Crippen molar-refractivity contribution in [2.45, 2.75) is 64.8 Å². The molecule has 0 spiro atoms. The zero-order valence-corrected chi connectivity index (χ0v) is 14.4. The van der Waals surface area contributed by atoms with Crippen LogP contribution in [0.1, 0.15) is 52.1 Å². The molecule has 1 aromatic rings. The van der Waals surface area contributed by atoms with Crippen molar-refractivity contribution in [1.82, 2.24) is 9.88 Å². The summed E-state index contributed by atoms with van der Waals surface area (Å²) in [6.07, 6.45) is 1.47. The first-order chi connectivity index (χ1) is 11.3. The van der Waals surface area contributed by atoms with Gasteiger partial charge in [-0.05, 0) is 46.6 Å². The standard InChI is InChI=1S/C17H24N2O5/c1-10(2)23-15-12(6-5-9-18-15)13-7-8-14(16(20)21)19(13)17(22)24-11(3)4/h5-6,9-11,13-14H,7-8H2,1-4H3,(H,20,21). The van der Waals surface area contributed by atoms with Gasteiger partial charge in [0.15, 0.2) is 0 Å². The fourth-order valence-electron chi connectivity index (χ4n) is 2.85. The van der Waals surface area contributed by atoms with Gasteiger partial charge in [0.25, 0.3) is 0 Å². The van der Waals surface area contributed by atoms with Crippen LogP contribution in [0.2, 0.25) is 0 Å². The summed E-state index contributed by atoms with van der Waals surface area (Å²) >= 11 is 0. The Morgan fingerprint density at radius 1 is 1.25 bits per heavy atom.